The van der Waals surface area contributed by atoms with Crippen molar-refractivity contribution in [1.82, 2.24) is 0 Å². The molecule has 0 amide bonds. The molecule has 0 bridgehead atoms. The Balaban J connectivity index is 2.18. The molecular weight excluding hydrogens is 288 g/mol. The fraction of sp³-hybridized carbons (Fsp3) is 0.700. The summed E-state index contributed by atoms with van der Waals surface area (Å²) in [5, 5.41) is 20.8. The van der Waals surface area contributed by atoms with Crippen molar-refractivity contribution < 1.29 is 14.9 Å². The Morgan fingerprint density at radius 2 is 2.09 bits per heavy atom. The highest BCUT2D eigenvalue weighted by atomic mass is 16.6. The third kappa shape index (κ3) is 5.59. The van der Waals surface area contributed by atoms with Crippen LogP contribution in [-0.2, 0) is 4.74 Å². The van der Waals surface area contributed by atoms with Gasteiger partial charge in [-0.1, -0.05) is 44.2 Å². The van der Waals surface area contributed by atoms with Crippen molar-refractivity contribution in [3.8, 4) is 0 Å². The molecule has 1 aliphatic carbocycles. The molecule has 1 aliphatic heterocycles. The number of ether oxygens (including phenoxy) is 1. The van der Waals surface area contributed by atoms with E-state index in [-0.39, 0.29) is 12.2 Å². The van der Waals surface area contributed by atoms with E-state index in [2.05, 4.69) is 26.5 Å². The van der Waals surface area contributed by atoms with Gasteiger partial charge < -0.3 is 14.9 Å². The Morgan fingerprint density at radius 1 is 1.39 bits per heavy atom. The number of aliphatic hydroxyl groups is 2. The van der Waals surface area contributed by atoms with E-state index in [9.17, 15) is 10.2 Å². The fourth-order valence-corrected chi connectivity index (χ4v) is 3.40. The summed E-state index contributed by atoms with van der Waals surface area (Å²) in [6.07, 6.45) is 8.67. The van der Waals surface area contributed by atoms with Crippen LogP contribution in [0.5, 0.6) is 0 Å². The first-order valence-electron chi connectivity index (χ1n) is 8.78. The standard InChI is InChI=1S/C20H32O3/c1-13(2)16-7-6-15(4)19-18(23-19)11-14(3)10-17(21)12-20(5,22)9-8-16/h8-10,13,16-19,21-22H,4,6-7,11-12H2,1-3,5H3/b9-8+,14-10+/t16-,17+,18+,19-,20-/m1/s1. The van der Waals surface area contributed by atoms with Crippen molar-refractivity contribution in [2.75, 3.05) is 0 Å². The van der Waals surface area contributed by atoms with Crippen molar-refractivity contribution in [2.24, 2.45) is 11.8 Å². The van der Waals surface area contributed by atoms with Crippen molar-refractivity contribution in [2.45, 2.75) is 77.3 Å². The molecule has 0 aromatic rings. The van der Waals surface area contributed by atoms with Gasteiger partial charge in [0.25, 0.3) is 0 Å². The van der Waals surface area contributed by atoms with Crippen LogP contribution in [0.25, 0.3) is 0 Å². The van der Waals surface area contributed by atoms with E-state index in [1.165, 1.54) is 5.57 Å². The summed E-state index contributed by atoms with van der Waals surface area (Å²) in [4.78, 5) is 0. The van der Waals surface area contributed by atoms with E-state index < -0.39 is 11.7 Å². The van der Waals surface area contributed by atoms with Crippen molar-refractivity contribution >= 4 is 0 Å². The molecule has 3 heteroatoms. The van der Waals surface area contributed by atoms with E-state index in [0.29, 0.717) is 18.3 Å². The Labute approximate surface area is 140 Å². The minimum atomic E-state index is -0.997. The van der Waals surface area contributed by atoms with Gasteiger partial charge in [-0.15, -0.1) is 0 Å². The molecule has 0 aromatic heterocycles. The van der Waals surface area contributed by atoms with Crippen LogP contribution in [-0.4, -0.2) is 34.1 Å². The van der Waals surface area contributed by atoms with Crippen LogP contribution >= 0.6 is 0 Å². The minimum absolute atomic E-state index is 0.179. The van der Waals surface area contributed by atoms with E-state index in [1.807, 2.05) is 19.1 Å². The van der Waals surface area contributed by atoms with Crippen LogP contribution in [0.15, 0.2) is 36.0 Å². The second-order valence-electron chi connectivity index (χ2n) is 7.90. The molecule has 3 nitrogen and oxygen atoms in total. The Morgan fingerprint density at radius 3 is 2.74 bits per heavy atom. The molecular formula is C20H32O3. The highest BCUT2D eigenvalue weighted by Gasteiger charge is 2.40. The van der Waals surface area contributed by atoms with Crippen molar-refractivity contribution in [1.29, 1.82) is 0 Å². The van der Waals surface area contributed by atoms with E-state index in [1.54, 1.807) is 6.92 Å². The highest BCUT2D eigenvalue weighted by molar-refractivity contribution is 5.18. The van der Waals surface area contributed by atoms with Gasteiger partial charge in [0.2, 0.25) is 0 Å². The minimum Gasteiger partial charge on any atom is -0.389 e. The second kappa shape index (κ2) is 7.33. The molecule has 130 valence electrons. The average Bonchev–Trinajstić information content (AvgIpc) is 3.14. The summed E-state index contributed by atoms with van der Waals surface area (Å²) in [6.45, 7) is 12.4. The zero-order valence-electron chi connectivity index (χ0n) is 15.0. The van der Waals surface area contributed by atoms with Gasteiger partial charge in [0, 0.05) is 6.42 Å². The van der Waals surface area contributed by atoms with Gasteiger partial charge in [-0.05, 0) is 50.5 Å². The van der Waals surface area contributed by atoms with E-state index in [0.717, 1.165) is 24.8 Å². The monoisotopic (exact) mass is 320 g/mol. The van der Waals surface area contributed by atoms with Crippen LogP contribution in [0.2, 0.25) is 0 Å². The molecule has 0 aromatic carbocycles. The first-order chi connectivity index (χ1) is 10.7. The Kier molecular flexibility index (Phi) is 5.88. The van der Waals surface area contributed by atoms with Crippen LogP contribution in [0.3, 0.4) is 0 Å². The average molecular weight is 320 g/mol. The number of aliphatic hydroxyl groups excluding tert-OH is 1. The molecule has 0 spiro atoms. The maximum Gasteiger partial charge on any atom is 0.105 e. The topological polar surface area (TPSA) is 53.0 Å². The molecule has 2 aliphatic rings. The Hall–Kier alpha value is -0.900. The lowest BCUT2D eigenvalue weighted by Gasteiger charge is -2.24. The van der Waals surface area contributed by atoms with Crippen LogP contribution in [0.1, 0.15) is 53.4 Å². The molecule has 1 heterocycles. The SMILES string of the molecule is C=C1CC[C@@H](C(C)C)/C=C/[C@@](C)(O)C[C@@H](O)/C=C(\C)C[C@@H]2O[C@H]12. The normalized spacial score (nSPS) is 43.3. The predicted octanol–water partition coefficient (Wildman–Crippen LogP) is 3.77. The maximum absolute atomic E-state index is 10.5. The lowest BCUT2D eigenvalue weighted by atomic mass is 9.86. The molecule has 2 N–H and O–H groups in total. The summed E-state index contributed by atoms with van der Waals surface area (Å²) < 4.78 is 5.76. The number of epoxide rings is 1. The molecule has 23 heavy (non-hydrogen) atoms. The first-order valence-corrected chi connectivity index (χ1v) is 8.78. The van der Waals surface area contributed by atoms with Gasteiger partial charge in [0.05, 0.1) is 17.8 Å². The van der Waals surface area contributed by atoms with Crippen LogP contribution in [0, 0.1) is 11.8 Å². The van der Waals surface area contributed by atoms with Crippen molar-refractivity contribution in [3.05, 3.63) is 36.0 Å². The highest BCUT2D eigenvalue weighted by Crippen LogP contribution is 2.36. The number of rotatable bonds is 1. The summed E-state index contributed by atoms with van der Waals surface area (Å²) in [5.74, 6) is 0.901. The van der Waals surface area contributed by atoms with Crippen LogP contribution in [0.4, 0.5) is 0 Å². The molecule has 0 radical (unpaired) electrons. The molecule has 1 fully saturated rings. The van der Waals surface area contributed by atoms with E-state index >= 15 is 0 Å². The van der Waals surface area contributed by atoms with Crippen LogP contribution < -0.4 is 0 Å². The fourth-order valence-electron chi connectivity index (χ4n) is 3.40. The zero-order chi connectivity index (χ0) is 17.2. The van der Waals surface area contributed by atoms with Gasteiger partial charge in [-0.3, -0.25) is 0 Å². The lowest BCUT2D eigenvalue weighted by molar-refractivity contribution is 0.0565. The third-order valence-electron chi connectivity index (χ3n) is 4.96. The van der Waals surface area contributed by atoms with Gasteiger partial charge in [-0.25, -0.2) is 0 Å². The molecule has 0 unspecified atom stereocenters. The lowest BCUT2D eigenvalue weighted by Crippen LogP contribution is -2.27. The molecule has 0 saturated carbocycles. The summed E-state index contributed by atoms with van der Waals surface area (Å²) in [5.41, 5.74) is 1.28. The first kappa shape index (κ1) is 18.4. The van der Waals surface area contributed by atoms with Gasteiger partial charge in [-0.2, -0.15) is 0 Å². The van der Waals surface area contributed by atoms with Gasteiger partial charge in [0.15, 0.2) is 0 Å². The molecule has 5 atom stereocenters. The quantitative estimate of drug-likeness (QED) is 0.571. The maximum atomic E-state index is 10.5. The number of fused-ring (bicyclic) bond motifs is 1. The van der Waals surface area contributed by atoms with E-state index in [4.69, 9.17) is 4.74 Å². The summed E-state index contributed by atoms with van der Waals surface area (Å²) >= 11 is 0. The molecule has 1 saturated heterocycles. The van der Waals surface area contributed by atoms with Gasteiger partial charge >= 0.3 is 0 Å². The predicted molar refractivity (Wildman–Crippen MR) is 94.1 cm³/mol. The number of allylic oxidation sites excluding steroid dienone is 1. The number of hydrogen-bond acceptors (Lipinski definition) is 3. The summed E-state index contributed by atoms with van der Waals surface area (Å²) in [6, 6.07) is 0. The van der Waals surface area contributed by atoms with Crippen molar-refractivity contribution in [3.63, 3.8) is 0 Å². The largest absolute Gasteiger partial charge is 0.389 e. The third-order valence-corrected chi connectivity index (χ3v) is 4.96. The summed E-state index contributed by atoms with van der Waals surface area (Å²) in [7, 11) is 0. The second-order valence-corrected chi connectivity index (χ2v) is 7.90. The van der Waals surface area contributed by atoms with Gasteiger partial charge in [0.1, 0.15) is 6.10 Å². The molecule has 2 rings (SSSR count). The smallest absolute Gasteiger partial charge is 0.105 e. The zero-order valence-corrected chi connectivity index (χ0v) is 15.0. The Bertz CT molecular complexity index is 487. The number of hydrogen-bond donors (Lipinski definition) is 2.